The summed E-state index contributed by atoms with van der Waals surface area (Å²) in [5, 5.41) is 11.6. The first-order valence-corrected chi connectivity index (χ1v) is 5.16. The highest BCUT2D eigenvalue weighted by Gasteiger charge is 2.09. The summed E-state index contributed by atoms with van der Waals surface area (Å²) in [7, 11) is 1.86. The summed E-state index contributed by atoms with van der Waals surface area (Å²) in [5.74, 6) is 0. The molecule has 2 rings (SSSR count). The smallest absolute Gasteiger partial charge is 0.270 e. The van der Waals surface area contributed by atoms with E-state index in [0.29, 0.717) is 0 Å². The van der Waals surface area contributed by atoms with Gasteiger partial charge in [0.2, 0.25) is 0 Å². The molecule has 0 spiro atoms. The van der Waals surface area contributed by atoms with E-state index in [0.717, 1.165) is 21.1 Å². The van der Waals surface area contributed by atoms with Gasteiger partial charge in [0, 0.05) is 30.1 Å². The van der Waals surface area contributed by atoms with E-state index < -0.39 is 0 Å². The Hall–Kier alpha value is -1.75. The van der Waals surface area contributed by atoms with Crippen LogP contribution in [0.25, 0.3) is 10.9 Å². The number of benzene rings is 1. The monoisotopic (exact) mass is 234 g/mol. The highest BCUT2D eigenvalue weighted by Crippen LogP contribution is 2.23. The molecule has 16 heavy (non-hydrogen) atoms. The van der Waals surface area contributed by atoms with Crippen molar-refractivity contribution in [3.05, 3.63) is 44.6 Å². The van der Waals surface area contributed by atoms with E-state index in [4.69, 9.17) is 12.2 Å². The molecule has 0 aliphatic carbocycles. The van der Waals surface area contributed by atoms with E-state index in [9.17, 15) is 10.1 Å². The maximum atomic E-state index is 10.7. The van der Waals surface area contributed by atoms with Crippen LogP contribution in [0.1, 0.15) is 5.56 Å². The van der Waals surface area contributed by atoms with Gasteiger partial charge in [0.15, 0.2) is 0 Å². The molecule has 4 nitrogen and oxygen atoms in total. The average Bonchev–Trinajstić information content (AvgIpc) is 2.25. The van der Waals surface area contributed by atoms with Crippen LogP contribution in [0.15, 0.2) is 24.3 Å². The van der Waals surface area contributed by atoms with Crippen molar-refractivity contribution in [2.24, 2.45) is 7.05 Å². The molecule has 1 aromatic carbocycles. The number of rotatable bonds is 1. The number of hydrogen-bond acceptors (Lipinski definition) is 3. The number of fused-ring (bicyclic) bond motifs is 1. The predicted octanol–water partition coefficient (Wildman–Crippen LogP) is 3.12. The summed E-state index contributed by atoms with van der Waals surface area (Å²) in [6.45, 7) is 1.90. The molecule has 0 aliphatic heterocycles. The van der Waals surface area contributed by atoms with Crippen LogP contribution >= 0.6 is 12.2 Å². The third kappa shape index (κ3) is 1.59. The van der Waals surface area contributed by atoms with E-state index >= 15 is 0 Å². The Morgan fingerprint density at radius 2 is 2.06 bits per heavy atom. The molecule has 0 radical (unpaired) electrons. The molecule has 2 aromatic rings. The number of non-ortho nitro benzene ring substituents is 1. The van der Waals surface area contributed by atoms with Crippen LogP contribution in [-0.2, 0) is 7.05 Å². The van der Waals surface area contributed by atoms with E-state index in [2.05, 4.69) is 0 Å². The van der Waals surface area contributed by atoms with Gasteiger partial charge in [0.25, 0.3) is 5.69 Å². The fourth-order valence-corrected chi connectivity index (χ4v) is 2.00. The minimum absolute atomic E-state index is 0.104. The SMILES string of the molecule is Cc1cc(=S)n(C)c2ccc([N+](=O)[O-])cc12. The lowest BCUT2D eigenvalue weighted by Gasteiger charge is -2.08. The molecule has 1 heterocycles. The lowest BCUT2D eigenvalue weighted by atomic mass is 10.1. The molecule has 0 aliphatic rings. The van der Waals surface area contributed by atoms with Crippen molar-refractivity contribution in [2.45, 2.75) is 6.92 Å². The van der Waals surface area contributed by atoms with Crippen LogP contribution in [-0.4, -0.2) is 9.49 Å². The Kier molecular flexibility index (Phi) is 2.47. The van der Waals surface area contributed by atoms with E-state index in [-0.39, 0.29) is 10.6 Å². The highest BCUT2D eigenvalue weighted by atomic mass is 32.1. The summed E-state index contributed by atoms with van der Waals surface area (Å²) in [5.41, 5.74) is 1.98. The average molecular weight is 234 g/mol. The number of aryl methyl sites for hydroxylation is 2. The molecular weight excluding hydrogens is 224 g/mol. The number of pyridine rings is 1. The Morgan fingerprint density at radius 1 is 1.38 bits per heavy atom. The predicted molar refractivity (Wildman–Crippen MR) is 65.1 cm³/mol. The summed E-state index contributed by atoms with van der Waals surface area (Å²) in [4.78, 5) is 10.3. The normalized spacial score (nSPS) is 10.6. The van der Waals surface area contributed by atoms with Crippen LogP contribution in [0.2, 0.25) is 0 Å². The Balaban J connectivity index is 2.90. The number of nitro benzene ring substituents is 1. The summed E-state index contributed by atoms with van der Waals surface area (Å²) < 4.78 is 2.57. The zero-order valence-electron chi connectivity index (χ0n) is 8.93. The van der Waals surface area contributed by atoms with Crippen molar-refractivity contribution in [3.8, 4) is 0 Å². The van der Waals surface area contributed by atoms with Crippen molar-refractivity contribution in [3.63, 3.8) is 0 Å². The van der Waals surface area contributed by atoms with Crippen molar-refractivity contribution in [1.29, 1.82) is 0 Å². The van der Waals surface area contributed by atoms with Crippen LogP contribution in [0.4, 0.5) is 5.69 Å². The van der Waals surface area contributed by atoms with Crippen LogP contribution in [0, 0.1) is 21.7 Å². The van der Waals surface area contributed by atoms with E-state index in [1.807, 2.05) is 24.6 Å². The quantitative estimate of drug-likeness (QED) is 0.432. The number of nitrogens with zero attached hydrogens (tertiary/aromatic N) is 2. The minimum Gasteiger partial charge on any atom is -0.335 e. The largest absolute Gasteiger partial charge is 0.335 e. The molecule has 82 valence electrons. The van der Waals surface area contributed by atoms with Crippen LogP contribution in [0.5, 0.6) is 0 Å². The van der Waals surface area contributed by atoms with Gasteiger partial charge in [0.05, 0.1) is 4.92 Å². The molecular formula is C11H10N2O2S. The summed E-state index contributed by atoms with van der Waals surface area (Å²) >= 11 is 5.18. The number of nitro groups is 1. The van der Waals surface area contributed by atoms with Gasteiger partial charge in [-0.25, -0.2) is 0 Å². The van der Waals surface area contributed by atoms with Crippen molar-refractivity contribution in [1.82, 2.24) is 4.57 Å². The molecule has 0 saturated carbocycles. The second-order valence-electron chi connectivity index (χ2n) is 3.68. The Labute approximate surface area is 97.3 Å². The molecule has 0 atom stereocenters. The van der Waals surface area contributed by atoms with Gasteiger partial charge in [-0.3, -0.25) is 10.1 Å². The molecule has 0 N–H and O–H groups in total. The molecule has 5 heteroatoms. The summed E-state index contributed by atoms with van der Waals surface area (Å²) in [6, 6.07) is 6.66. The lowest BCUT2D eigenvalue weighted by Crippen LogP contribution is -1.97. The fraction of sp³-hybridized carbons (Fsp3) is 0.182. The first kappa shape index (κ1) is 10.8. The highest BCUT2D eigenvalue weighted by molar-refractivity contribution is 7.71. The molecule has 0 fully saturated rings. The summed E-state index contributed by atoms with van der Waals surface area (Å²) in [6.07, 6.45) is 0. The zero-order valence-corrected chi connectivity index (χ0v) is 9.75. The van der Waals surface area contributed by atoms with Gasteiger partial charge < -0.3 is 4.57 Å². The van der Waals surface area contributed by atoms with Crippen molar-refractivity contribution >= 4 is 28.8 Å². The number of hydrogen-bond donors (Lipinski definition) is 0. The topological polar surface area (TPSA) is 48.1 Å². The van der Waals surface area contributed by atoms with E-state index in [1.54, 1.807) is 12.1 Å². The molecule has 0 saturated heterocycles. The lowest BCUT2D eigenvalue weighted by molar-refractivity contribution is -0.384. The third-order valence-electron chi connectivity index (χ3n) is 2.65. The Bertz CT molecular complexity index is 646. The van der Waals surface area contributed by atoms with E-state index in [1.165, 1.54) is 6.07 Å². The van der Waals surface area contributed by atoms with Gasteiger partial charge >= 0.3 is 0 Å². The molecule has 1 aromatic heterocycles. The second-order valence-corrected chi connectivity index (χ2v) is 4.10. The van der Waals surface area contributed by atoms with Gasteiger partial charge in [-0.15, -0.1) is 0 Å². The number of aromatic nitrogens is 1. The third-order valence-corrected chi connectivity index (χ3v) is 3.04. The van der Waals surface area contributed by atoms with Crippen LogP contribution < -0.4 is 0 Å². The molecule has 0 unspecified atom stereocenters. The minimum atomic E-state index is -0.388. The second kappa shape index (κ2) is 3.68. The van der Waals surface area contributed by atoms with Gasteiger partial charge in [-0.2, -0.15) is 0 Å². The van der Waals surface area contributed by atoms with Crippen LogP contribution in [0.3, 0.4) is 0 Å². The van der Waals surface area contributed by atoms with Gasteiger partial charge in [0.1, 0.15) is 4.64 Å². The molecule has 0 bridgehead atoms. The maximum absolute atomic E-state index is 10.7. The molecule has 0 amide bonds. The van der Waals surface area contributed by atoms with Crippen molar-refractivity contribution in [2.75, 3.05) is 0 Å². The Morgan fingerprint density at radius 3 is 2.69 bits per heavy atom. The first-order chi connectivity index (χ1) is 7.50. The van der Waals surface area contributed by atoms with Gasteiger partial charge in [-0.1, -0.05) is 12.2 Å². The van der Waals surface area contributed by atoms with Gasteiger partial charge in [-0.05, 0) is 24.6 Å². The fourth-order valence-electron chi connectivity index (χ4n) is 1.72. The van der Waals surface area contributed by atoms with Crippen molar-refractivity contribution < 1.29 is 4.92 Å². The maximum Gasteiger partial charge on any atom is 0.270 e. The first-order valence-electron chi connectivity index (χ1n) is 4.75. The zero-order chi connectivity index (χ0) is 11.9. The standard InChI is InChI=1S/C11H10N2O2S/c1-7-5-11(16)12(2)10-4-3-8(13(14)15)6-9(7)10/h3-6H,1-2H3.